The van der Waals surface area contributed by atoms with Gasteiger partial charge in [0.05, 0.1) is 0 Å². The molecule has 1 heterocycles. The van der Waals surface area contributed by atoms with Crippen molar-refractivity contribution < 1.29 is 5.11 Å². The van der Waals surface area contributed by atoms with Crippen LogP contribution in [0.1, 0.15) is 51.5 Å². The monoisotopic (exact) mass is 261 g/mol. The minimum Gasteiger partial charge on any atom is -0.508 e. The van der Waals surface area contributed by atoms with Crippen molar-refractivity contribution in [2.75, 3.05) is 19.6 Å². The van der Waals surface area contributed by atoms with Crippen LogP contribution in [0.5, 0.6) is 5.75 Å². The summed E-state index contributed by atoms with van der Waals surface area (Å²) < 4.78 is 0. The summed E-state index contributed by atoms with van der Waals surface area (Å²) in [6.07, 6.45) is 6.22. The van der Waals surface area contributed by atoms with Crippen LogP contribution in [0.2, 0.25) is 0 Å². The normalized spacial score (nSPS) is 23.9. The van der Waals surface area contributed by atoms with Crippen LogP contribution in [0, 0.1) is 0 Å². The fraction of sp³-hybridized carbons (Fsp3) is 0.647. The lowest BCUT2D eigenvalue weighted by atomic mass is 9.76. The molecule has 0 saturated carbocycles. The molecule has 1 N–H and O–H groups in total. The van der Waals surface area contributed by atoms with Gasteiger partial charge in [0, 0.05) is 12.0 Å². The van der Waals surface area contributed by atoms with E-state index < -0.39 is 0 Å². The molecule has 0 aromatic heterocycles. The molecule has 0 aliphatic carbocycles. The van der Waals surface area contributed by atoms with Crippen LogP contribution in [-0.4, -0.2) is 29.6 Å². The summed E-state index contributed by atoms with van der Waals surface area (Å²) in [5.74, 6) is 0.403. The zero-order valence-corrected chi connectivity index (χ0v) is 12.4. The molecule has 2 nitrogen and oxygen atoms in total. The number of phenols is 1. The van der Waals surface area contributed by atoms with Gasteiger partial charge in [-0.25, -0.2) is 0 Å². The molecule has 0 amide bonds. The lowest BCUT2D eigenvalue weighted by Gasteiger charge is -2.30. The highest BCUT2D eigenvalue weighted by Gasteiger charge is 2.38. The lowest BCUT2D eigenvalue weighted by Crippen LogP contribution is -2.31. The van der Waals surface area contributed by atoms with Crippen molar-refractivity contribution in [2.45, 2.75) is 51.4 Å². The van der Waals surface area contributed by atoms with Gasteiger partial charge < -0.3 is 10.0 Å². The molecule has 1 aromatic rings. The highest BCUT2D eigenvalue weighted by atomic mass is 16.3. The summed E-state index contributed by atoms with van der Waals surface area (Å²) in [5, 5.41) is 9.75. The van der Waals surface area contributed by atoms with E-state index in [0.717, 1.165) is 6.54 Å². The maximum atomic E-state index is 9.75. The first-order chi connectivity index (χ1) is 9.20. The van der Waals surface area contributed by atoms with Gasteiger partial charge in [0.1, 0.15) is 5.75 Å². The van der Waals surface area contributed by atoms with Crippen molar-refractivity contribution in [3.63, 3.8) is 0 Å². The van der Waals surface area contributed by atoms with E-state index in [0.29, 0.717) is 5.75 Å². The van der Waals surface area contributed by atoms with E-state index in [4.69, 9.17) is 0 Å². The predicted octanol–water partition coefficient (Wildman–Crippen LogP) is 3.94. The van der Waals surface area contributed by atoms with Crippen molar-refractivity contribution in [3.05, 3.63) is 29.8 Å². The minimum atomic E-state index is 0.265. The smallest absolute Gasteiger partial charge is 0.115 e. The number of benzene rings is 1. The van der Waals surface area contributed by atoms with Gasteiger partial charge >= 0.3 is 0 Å². The van der Waals surface area contributed by atoms with E-state index in [1.54, 1.807) is 6.07 Å². The highest BCUT2D eigenvalue weighted by molar-refractivity contribution is 5.34. The Labute approximate surface area is 117 Å². The van der Waals surface area contributed by atoms with Crippen molar-refractivity contribution in [3.8, 4) is 5.75 Å². The average Bonchev–Trinajstić information content (AvgIpc) is 2.82. The summed E-state index contributed by atoms with van der Waals surface area (Å²) in [6, 6.07) is 7.92. The number of phenolic OH excluding ortho intramolecular Hbond substituents is 1. The van der Waals surface area contributed by atoms with Crippen LogP contribution in [0.4, 0.5) is 0 Å². The van der Waals surface area contributed by atoms with Crippen LogP contribution >= 0.6 is 0 Å². The van der Waals surface area contributed by atoms with Crippen LogP contribution in [-0.2, 0) is 5.41 Å². The SMILES string of the molecule is CCCCN1CCC(CCC)(c2cccc(O)c2)C1. The molecule has 1 atom stereocenters. The van der Waals surface area contributed by atoms with Gasteiger partial charge in [-0.2, -0.15) is 0 Å². The molecule has 19 heavy (non-hydrogen) atoms. The van der Waals surface area contributed by atoms with Crippen molar-refractivity contribution in [2.24, 2.45) is 0 Å². The Bertz CT molecular complexity index is 404. The van der Waals surface area contributed by atoms with Gasteiger partial charge in [-0.1, -0.05) is 38.8 Å². The third kappa shape index (κ3) is 3.30. The molecule has 1 unspecified atom stereocenters. The average molecular weight is 261 g/mol. The van der Waals surface area contributed by atoms with Gasteiger partial charge in [0.25, 0.3) is 0 Å². The molecule has 1 saturated heterocycles. The molecule has 0 bridgehead atoms. The number of unbranched alkanes of at least 4 members (excludes halogenated alkanes) is 1. The molecular formula is C17H27NO. The fourth-order valence-electron chi connectivity index (χ4n) is 3.43. The van der Waals surface area contributed by atoms with E-state index in [1.165, 1.54) is 50.8 Å². The van der Waals surface area contributed by atoms with Crippen molar-refractivity contribution in [1.29, 1.82) is 0 Å². The van der Waals surface area contributed by atoms with Gasteiger partial charge in [-0.3, -0.25) is 0 Å². The van der Waals surface area contributed by atoms with Crippen LogP contribution in [0.25, 0.3) is 0 Å². The number of aromatic hydroxyl groups is 1. The number of rotatable bonds is 6. The first kappa shape index (κ1) is 14.4. The predicted molar refractivity (Wildman–Crippen MR) is 80.7 cm³/mol. The van der Waals surface area contributed by atoms with Crippen LogP contribution in [0.15, 0.2) is 24.3 Å². The molecule has 1 aromatic carbocycles. The molecule has 0 spiro atoms. The Hall–Kier alpha value is -1.02. The second-order valence-corrected chi connectivity index (χ2v) is 5.96. The maximum absolute atomic E-state index is 9.75. The first-order valence-electron chi connectivity index (χ1n) is 7.72. The summed E-state index contributed by atoms with van der Waals surface area (Å²) >= 11 is 0. The Balaban J connectivity index is 2.15. The fourth-order valence-corrected chi connectivity index (χ4v) is 3.43. The van der Waals surface area contributed by atoms with E-state index in [1.807, 2.05) is 12.1 Å². The molecule has 1 aliphatic heterocycles. The second kappa shape index (κ2) is 6.42. The van der Waals surface area contributed by atoms with Crippen LogP contribution < -0.4 is 0 Å². The van der Waals surface area contributed by atoms with E-state index in [9.17, 15) is 5.11 Å². The molecule has 0 radical (unpaired) electrons. The highest BCUT2D eigenvalue weighted by Crippen LogP contribution is 2.39. The summed E-state index contributed by atoms with van der Waals surface area (Å²) in [7, 11) is 0. The summed E-state index contributed by atoms with van der Waals surface area (Å²) in [6.45, 7) is 8.10. The number of hydrogen-bond acceptors (Lipinski definition) is 2. The van der Waals surface area contributed by atoms with E-state index in [-0.39, 0.29) is 5.41 Å². The van der Waals surface area contributed by atoms with E-state index in [2.05, 4.69) is 24.8 Å². The van der Waals surface area contributed by atoms with Crippen molar-refractivity contribution in [1.82, 2.24) is 4.90 Å². The molecule has 106 valence electrons. The standard InChI is InChI=1S/C17H27NO/c1-3-5-11-18-12-10-17(14-18,9-4-2)15-7-6-8-16(19)13-15/h6-8,13,19H,3-5,9-12,14H2,1-2H3. The summed E-state index contributed by atoms with van der Waals surface area (Å²) in [5.41, 5.74) is 1.59. The maximum Gasteiger partial charge on any atom is 0.115 e. The molecule has 2 rings (SSSR count). The number of hydrogen-bond donors (Lipinski definition) is 1. The topological polar surface area (TPSA) is 23.5 Å². The molecule has 1 aliphatic rings. The third-order valence-corrected chi connectivity index (χ3v) is 4.45. The number of nitrogens with zero attached hydrogens (tertiary/aromatic N) is 1. The van der Waals surface area contributed by atoms with Gasteiger partial charge in [-0.15, -0.1) is 0 Å². The van der Waals surface area contributed by atoms with E-state index >= 15 is 0 Å². The van der Waals surface area contributed by atoms with Gasteiger partial charge in [0.2, 0.25) is 0 Å². The Morgan fingerprint density at radius 3 is 2.79 bits per heavy atom. The van der Waals surface area contributed by atoms with Gasteiger partial charge in [0.15, 0.2) is 0 Å². The molecular weight excluding hydrogens is 234 g/mol. The lowest BCUT2D eigenvalue weighted by molar-refractivity contribution is 0.296. The Kier molecular flexibility index (Phi) is 4.87. The zero-order valence-electron chi connectivity index (χ0n) is 12.4. The third-order valence-electron chi connectivity index (χ3n) is 4.45. The second-order valence-electron chi connectivity index (χ2n) is 5.96. The Morgan fingerprint density at radius 1 is 1.26 bits per heavy atom. The van der Waals surface area contributed by atoms with Crippen molar-refractivity contribution >= 4 is 0 Å². The number of likely N-dealkylation sites (tertiary alicyclic amines) is 1. The largest absolute Gasteiger partial charge is 0.508 e. The summed E-state index contributed by atoms with van der Waals surface area (Å²) in [4.78, 5) is 2.60. The zero-order chi connectivity index (χ0) is 13.7. The molecule has 2 heteroatoms. The Morgan fingerprint density at radius 2 is 2.11 bits per heavy atom. The minimum absolute atomic E-state index is 0.265. The van der Waals surface area contributed by atoms with Crippen LogP contribution in [0.3, 0.4) is 0 Å². The molecule has 1 fully saturated rings. The quantitative estimate of drug-likeness (QED) is 0.838. The first-order valence-corrected chi connectivity index (χ1v) is 7.72. The van der Waals surface area contributed by atoms with Gasteiger partial charge in [-0.05, 0) is 50.0 Å².